The van der Waals surface area contributed by atoms with E-state index >= 15 is 0 Å². The van der Waals surface area contributed by atoms with E-state index in [9.17, 15) is 0 Å². The quantitative estimate of drug-likeness (QED) is 0.528. The molecule has 0 bridgehead atoms. The fraction of sp³-hybridized carbons (Fsp3) is 0.500. The van der Waals surface area contributed by atoms with Gasteiger partial charge in [-0.05, 0) is 49.3 Å². The van der Waals surface area contributed by atoms with Crippen LogP contribution in [0.3, 0.4) is 0 Å². The van der Waals surface area contributed by atoms with E-state index in [1.807, 2.05) is 0 Å². The molecule has 0 aliphatic rings. The highest BCUT2D eigenvalue weighted by Crippen LogP contribution is 2.15. The molecule has 1 nitrogen and oxygen atoms in total. The first-order chi connectivity index (χ1) is 10.2. The molecule has 0 unspecified atom stereocenters. The molecule has 1 aromatic carbocycles. The van der Waals surface area contributed by atoms with Gasteiger partial charge in [-0.2, -0.15) is 0 Å². The van der Waals surface area contributed by atoms with Crippen LogP contribution < -0.4 is 0 Å². The molecule has 114 valence electrons. The van der Waals surface area contributed by atoms with Gasteiger partial charge in [-0.15, -0.1) is 0 Å². The molecule has 0 aliphatic heterocycles. The molecule has 0 spiro atoms. The van der Waals surface area contributed by atoms with Crippen LogP contribution in [0.15, 0.2) is 46.9 Å². The van der Waals surface area contributed by atoms with Crippen molar-refractivity contribution in [1.29, 1.82) is 0 Å². The summed E-state index contributed by atoms with van der Waals surface area (Å²) in [6.07, 6.45) is 8.33. The summed E-state index contributed by atoms with van der Waals surface area (Å²) in [6.45, 7) is 4.52. The molecule has 0 N–H and O–H groups in total. The predicted octanol–water partition coefficient (Wildman–Crippen LogP) is 5.82. The molecule has 0 saturated carbocycles. The molecule has 21 heavy (non-hydrogen) atoms. The highest BCUT2D eigenvalue weighted by Gasteiger charge is 2.03. The SMILES string of the molecule is CC(C)CCc1ccc(CCCCCc2ccccc2)o1. The average molecular weight is 284 g/mol. The van der Waals surface area contributed by atoms with E-state index in [0.717, 1.165) is 30.3 Å². The molecule has 2 rings (SSSR count). The summed E-state index contributed by atoms with van der Waals surface area (Å²) >= 11 is 0. The van der Waals surface area contributed by atoms with E-state index in [1.165, 1.54) is 37.7 Å². The fourth-order valence-electron chi connectivity index (χ4n) is 2.57. The van der Waals surface area contributed by atoms with Crippen LogP contribution in [0.2, 0.25) is 0 Å². The van der Waals surface area contributed by atoms with E-state index in [0.29, 0.717) is 0 Å². The van der Waals surface area contributed by atoms with Crippen molar-refractivity contribution in [3.8, 4) is 0 Å². The molecule has 2 aromatic rings. The summed E-state index contributed by atoms with van der Waals surface area (Å²) in [5, 5.41) is 0. The second kappa shape index (κ2) is 8.71. The lowest BCUT2D eigenvalue weighted by Crippen LogP contribution is -1.90. The standard InChI is InChI=1S/C20H28O/c1-17(2)13-14-20-16-15-19(21-20)12-8-4-7-11-18-9-5-3-6-10-18/h3,5-6,9-10,15-17H,4,7-8,11-14H2,1-2H3. The molecule has 1 heterocycles. The lowest BCUT2D eigenvalue weighted by atomic mass is 10.1. The molecule has 0 amide bonds. The van der Waals surface area contributed by atoms with Gasteiger partial charge >= 0.3 is 0 Å². The highest BCUT2D eigenvalue weighted by molar-refractivity contribution is 5.14. The Labute approximate surface area is 129 Å². The Bertz CT molecular complexity index is 496. The summed E-state index contributed by atoms with van der Waals surface area (Å²) in [7, 11) is 0. The largest absolute Gasteiger partial charge is 0.466 e. The first kappa shape index (κ1) is 15.9. The van der Waals surface area contributed by atoms with Crippen LogP contribution in [0, 0.1) is 5.92 Å². The number of hydrogen-bond donors (Lipinski definition) is 0. The highest BCUT2D eigenvalue weighted by atomic mass is 16.3. The van der Waals surface area contributed by atoms with Gasteiger partial charge < -0.3 is 4.42 Å². The van der Waals surface area contributed by atoms with Gasteiger partial charge in [0, 0.05) is 12.8 Å². The summed E-state index contributed by atoms with van der Waals surface area (Å²) in [6, 6.07) is 15.1. The third kappa shape index (κ3) is 6.20. The maximum Gasteiger partial charge on any atom is 0.104 e. The Morgan fingerprint density at radius 2 is 1.43 bits per heavy atom. The smallest absolute Gasteiger partial charge is 0.104 e. The summed E-state index contributed by atoms with van der Waals surface area (Å²) < 4.78 is 5.90. The Kier molecular flexibility index (Phi) is 6.59. The van der Waals surface area contributed by atoms with Crippen LogP contribution >= 0.6 is 0 Å². The van der Waals surface area contributed by atoms with Crippen LogP contribution in [-0.2, 0) is 19.3 Å². The third-order valence-corrected chi connectivity index (χ3v) is 3.92. The molecule has 0 saturated heterocycles. The molecule has 0 fully saturated rings. The van der Waals surface area contributed by atoms with Crippen molar-refractivity contribution in [2.24, 2.45) is 5.92 Å². The van der Waals surface area contributed by atoms with Gasteiger partial charge in [0.05, 0.1) is 0 Å². The van der Waals surface area contributed by atoms with Crippen LogP contribution in [0.1, 0.15) is 56.6 Å². The Balaban J connectivity index is 1.60. The van der Waals surface area contributed by atoms with Crippen molar-refractivity contribution >= 4 is 0 Å². The van der Waals surface area contributed by atoms with Gasteiger partial charge in [0.1, 0.15) is 11.5 Å². The minimum atomic E-state index is 0.747. The van der Waals surface area contributed by atoms with E-state index in [1.54, 1.807) is 0 Å². The number of furan rings is 1. The molecular formula is C20H28O. The zero-order chi connectivity index (χ0) is 14.9. The number of aryl methyl sites for hydroxylation is 3. The first-order valence-corrected chi connectivity index (χ1v) is 8.35. The Morgan fingerprint density at radius 1 is 0.762 bits per heavy atom. The number of rotatable bonds is 9. The van der Waals surface area contributed by atoms with Gasteiger partial charge in [0.25, 0.3) is 0 Å². The van der Waals surface area contributed by atoms with Crippen molar-refractivity contribution in [3.63, 3.8) is 0 Å². The molecule has 0 aliphatic carbocycles. The zero-order valence-corrected chi connectivity index (χ0v) is 13.5. The Hall–Kier alpha value is -1.50. The maximum absolute atomic E-state index is 5.90. The molecule has 0 atom stereocenters. The molecular weight excluding hydrogens is 256 g/mol. The van der Waals surface area contributed by atoms with Crippen LogP contribution in [0.4, 0.5) is 0 Å². The van der Waals surface area contributed by atoms with E-state index < -0.39 is 0 Å². The number of unbranched alkanes of at least 4 members (excludes halogenated alkanes) is 2. The number of hydrogen-bond acceptors (Lipinski definition) is 1. The van der Waals surface area contributed by atoms with E-state index in [2.05, 4.69) is 56.3 Å². The van der Waals surface area contributed by atoms with E-state index in [4.69, 9.17) is 4.42 Å². The third-order valence-electron chi connectivity index (χ3n) is 3.92. The van der Waals surface area contributed by atoms with Crippen molar-refractivity contribution < 1.29 is 4.42 Å². The van der Waals surface area contributed by atoms with Crippen LogP contribution in [0.25, 0.3) is 0 Å². The molecule has 1 aromatic heterocycles. The minimum Gasteiger partial charge on any atom is -0.466 e. The summed E-state index contributed by atoms with van der Waals surface area (Å²) in [5.41, 5.74) is 1.45. The second-order valence-electron chi connectivity index (χ2n) is 6.35. The molecule has 0 radical (unpaired) electrons. The van der Waals surface area contributed by atoms with Crippen LogP contribution in [0.5, 0.6) is 0 Å². The maximum atomic E-state index is 5.90. The minimum absolute atomic E-state index is 0.747. The van der Waals surface area contributed by atoms with E-state index in [-0.39, 0.29) is 0 Å². The van der Waals surface area contributed by atoms with Gasteiger partial charge in [-0.3, -0.25) is 0 Å². The van der Waals surface area contributed by atoms with Gasteiger partial charge in [-0.25, -0.2) is 0 Å². The molecule has 1 heteroatoms. The van der Waals surface area contributed by atoms with Gasteiger partial charge in [-0.1, -0.05) is 50.6 Å². The van der Waals surface area contributed by atoms with Crippen molar-refractivity contribution in [1.82, 2.24) is 0 Å². The van der Waals surface area contributed by atoms with Crippen molar-refractivity contribution in [2.75, 3.05) is 0 Å². The van der Waals surface area contributed by atoms with Crippen molar-refractivity contribution in [3.05, 3.63) is 59.5 Å². The average Bonchev–Trinajstić information content (AvgIpc) is 2.94. The second-order valence-corrected chi connectivity index (χ2v) is 6.35. The van der Waals surface area contributed by atoms with Crippen molar-refractivity contribution in [2.45, 2.75) is 58.8 Å². The summed E-state index contributed by atoms with van der Waals surface area (Å²) in [5.74, 6) is 3.06. The first-order valence-electron chi connectivity index (χ1n) is 8.35. The summed E-state index contributed by atoms with van der Waals surface area (Å²) in [4.78, 5) is 0. The normalized spacial score (nSPS) is 11.2. The zero-order valence-electron chi connectivity index (χ0n) is 13.5. The topological polar surface area (TPSA) is 13.1 Å². The Morgan fingerprint density at radius 3 is 2.14 bits per heavy atom. The predicted molar refractivity (Wildman–Crippen MR) is 89.6 cm³/mol. The van der Waals surface area contributed by atoms with Gasteiger partial charge in [0.15, 0.2) is 0 Å². The lowest BCUT2D eigenvalue weighted by Gasteiger charge is -2.02. The monoisotopic (exact) mass is 284 g/mol. The fourth-order valence-corrected chi connectivity index (χ4v) is 2.57. The van der Waals surface area contributed by atoms with Gasteiger partial charge in [0.2, 0.25) is 0 Å². The lowest BCUT2D eigenvalue weighted by molar-refractivity contribution is 0.437. The van der Waals surface area contributed by atoms with Crippen LogP contribution in [-0.4, -0.2) is 0 Å². The number of benzene rings is 1.